The van der Waals surface area contributed by atoms with E-state index in [0.717, 1.165) is 0 Å². The number of nitrogens with one attached hydrogen (secondary N) is 1. The van der Waals surface area contributed by atoms with Gasteiger partial charge in [0.15, 0.2) is 0 Å². The first-order chi connectivity index (χ1) is 7.02. The molecule has 7 heteroatoms. The first-order valence-corrected chi connectivity index (χ1v) is 5.02. The molecule has 86 valence electrons. The second-order valence-electron chi connectivity index (χ2n) is 3.87. The molecule has 0 radical (unpaired) electrons. The molecule has 0 spiro atoms. The number of rotatable bonds is 5. The van der Waals surface area contributed by atoms with Crippen molar-refractivity contribution in [3.63, 3.8) is 0 Å². The molecule has 0 bridgehead atoms. The van der Waals surface area contributed by atoms with E-state index in [1.165, 1.54) is 0 Å². The van der Waals surface area contributed by atoms with Crippen LogP contribution >= 0.6 is 0 Å². The second-order valence-corrected chi connectivity index (χ2v) is 3.87. The molecular formula is C8H16BNO5. The Hall–Kier alpha value is -0.625. The molecule has 6 nitrogen and oxygen atoms in total. The summed E-state index contributed by atoms with van der Waals surface area (Å²) in [5.41, 5.74) is 0. The van der Waals surface area contributed by atoms with Crippen LogP contribution in [0.2, 0.25) is 6.32 Å². The van der Waals surface area contributed by atoms with Crippen molar-refractivity contribution in [1.82, 2.24) is 5.32 Å². The maximum absolute atomic E-state index is 10.8. The number of aliphatic hydroxyl groups excluding tert-OH is 1. The third kappa shape index (κ3) is 3.46. The van der Waals surface area contributed by atoms with Crippen molar-refractivity contribution in [3.8, 4) is 0 Å². The maximum Gasteiger partial charge on any atom is 0.451 e. The molecule has 5 N–H and O–H groups in total. The number of carboxylic acid groups (broad SMARTS) is 1. The van der Waals surface area contributed by atoms with Gasteiger partial charge in [-0.25, -0.2) is 0 Å². The lowest BCUT2D eigenvalue weighted by molar-refractivity contribution is -0.140. The van der Waals surface area contributed by atoms with E-state index in [1.807, 2.05) is 0 Å². The zero-order valence-electron chi connectivity index (χ0n) is 8.33. The Morgan fingerprint density at radius 3 is 2.67 bits per heavy atom. The van der Waals surface area contributed by atoms with Crippen LogP contribution in [0.25, 0.3) is 0 Å². The summed E-state index contributed by atoms with van der Waals surface area (Å²) in [6.07, 6.45) is 0.505. The van der Waals surface area contributed by atoms with Gasteiger partial charge in [-0.2, -0.15) is 0 Å². The van der Waals surface area contributed by atoms with Gasteiger partial charge in [0, 0.05) is 12.5 Å². The molecule has 1 rings (SSSR count). The Balaban J connectivity index is 2.39. The normalized spacial score (nSPS) is 30.5. The van der Waals surface area contributed by atoms with Crippen molar-refractivity contribution in [3.05, 3.63) is 0 Å². The van der Waals surface area contributed by atoms with E-state index in [4.69, 9.17) is 15.2 Å². The lowest BCUT2D eigenvalue weighted by Crippen LogP contribution is -2.36. The van der Waals surface area contributed by atoms with Crippen LogP contribution in [0.1, 0.15) is 12.8 Å². The summed E-state index contributed by atoms with van der Waals surface area (Å²) in [7, 11) is -1.36. The van der Waals surface area contributed by atoms with Crippen molar-refractivity contribution >= 4 is 13.1 Å². The molecule has 1 heterocycles. The van der Waals surface area contributed by atoms with Crippen molar-refractivity contribution in [2.24, 2.45) is 5.92 Å². The number of β-amino-alcohol motifs (C(OH)–C–C–N with tert-alkyl or cyclic N) is 1. The highest BCUT2D eigenvalue weighted by molar-refractivity contribution is 6.40. The Kier molecular flexibility index (Phi) is 4.53. The summed E-state index contributed by atoms with van der Waals surface area (Å²) < 4.78 is 0. The zero-order chi connectivity index (χ0) is 11.4. The maximum atomic E-state index is 10.8. The van der Waals surface area contributed by atoms with Gasteiger partial charge < -0.3 is 25.6 Å². The van der Waals surface area contributed by atoms with Crippen LogP contribution in [0, 0.1) is 5.92 Å². The van der Waals surface area contributed by atoms with E-state index >= 15 is 0 Å². The number of hydrogen-bond acceptors (Lipinski definition) is 5. The van der Waals surface area contributed by atoms with Gasteiger partial charge in [-0.15, -0.1) is 0 Å². The standard InChI is InChI=1S/C8H16BNO5/c11-6-4-10-7(8(12)13)5(6)2-1-3-9(14)15/h5-7,10-11,14-15H,1-4H2,(H,12,13). The zero-order valence-corrected chi connectivity index (χ0v) is 8.33. The minimum absolute atomic E-state index is 0.204. The van der Waals surface area contributed by atoms with Gasteiger partial charge in [0.1, 0.15) is 6.04 Å². The van der Waals surface area contributed by atoms with Gasteiger partial charge in [-0.3, -0.25) is 4.79 Å². The van der Waals surface area contributed by atoms with E-state index in [-0.39, 0.29) is 18.8 Å². The molecule has 1 aliphatic heterocycles. The van der Waals surface area contributed by atoms with E-state index in [2.05, 4.69) is 5.32 Å². The highest BCUT2D eigenvalue weighted by atomic mass is 16.4. The van der Waals surface area contributed by atoms with E-state index < -0.39 is 25.2 Å². The number of aliphatic carboxylic acids is 1. The summed E-state index contributed by atoms with van der Waals surface area (Å²) in [4.78, 5) is 10.8. The molecule has 0 aliphatic carbocycles. The van der Waals surface area contributed by atoms with Crippen LogP contribution in [0.3, 0.4) is 0 Å². The largest absolute Gasteiger partial charge is 0.480 e. The Morgan fingerprint density at radius 1 is 1.47 bits per heavy atom. The van der Waals surface area contributed by atoms with Crippen molar-refractivity contribution < 1.29 is 25.1 Å². The summed E-state index contributed by atoms with van der Waals surface area (Å²) in [6.45, 7) is 0.281. The average Bonchev–Trinajstić information content (AvgIpc) is 2.47. The molecule has 0 saturated carbocycles. The minimum Gasteiger partial charge on any atom is -0.480 e. The predicted octanol–water partition coefficient (Wildman–Crippen LogP) is -1.73. The van der Waals surface area contributed by atoms with Gasteiger partial charge in [0.25, 0.3) is 0 Å². The molecule has 1 aliphatic rings. The van der Waals surface area contributed by atoms with Crippen LogP contribution in [0.4, 0.5) is 0 Å². The molecule has 0 aromatic carbocycles. The predicted molar refractivity (Wildman–Crippen MR) is 53.2 cm³/mol. The molecular weight excluding hydrogens is 201 g/mol. The number of aliphatic hydroxyl groups is 1. The van der Waals surface area contributed by atoms with E-state index in [1.54, 1.807) is 0 Å². The minimum atomic E-state index is -1.36. The fourth-order valence-corrected chi connectivity index (χ4v) is 1.94. The smallest absolute Gasteiger partial charge is 0.451 e. The first-order valence-electron chi connectivity index (χ1n) is 5.02. The Morgan fingerprint density at radius 2 is 2.13 bits per heavy atom. The van der Waals surface area contributed by atoms with Crippen LogP contribution in [-0.2, 0) is 4.79 Å². The average molecular weight is 217 g/mol. The summed E-state index contributed by atoms with van der Waals surface area (Å²) in [5.74, 6) is -1.32. The quantitative estimate of drug-likeness (QED) is 0.350. The first kappa shape index (κ1) is 12.4. The lowest BCUT2D eigenvalue weighted by Gasteiger charge is -2.17. The summed E-state index contributed by atoms with van der Waals surface area (Å²) >= 11 is 0. The van der Waals surface area contributed by atoms with Crippen LogP contribution < -0.4 is 5.32 Å². The van der Waals surface area contributed by atoms with Gasteiger partial charge in [0.05, 0.1) is 6.10 Å². The number of carboxylic acids is 1. The lowest BCUT2D eigenvalue weighted by atomic mass is 9.81. The van der Waals surface area contributed by atoms with Crippen LogP contribution in [-0.4, -0.2) is 52.0 Å². The fraction of sp³-hybridized carbons (Fsp3) is 0.875. The van der Waals surface area contributed by atoms with E-state index in [9.17, 15) is 9.90 Å². The molecule has 0 aromatic rings. The van der Waals surface area contributed by atoms with E-state index in [0.29, 0.717) is 12.8 Å². The molecule has 1 fully saturated rings. The second kappa shape index (κ2) is 5.46. The number of hydrogen-bond donors (Lipinski definition) is 5. The van der Waals surface area contributed by atoms with Gasteiger partial charge in [-0.05, 0) is 12.7 Å². The van der Waals surface area contributed by atoms with Crippen molar-refractivity contribution in [2.75, 3.05) is 6.54 Å². The fourth-order valence-electron chi connectivity index (χ4n) is 1.94. The molecule has 1 saturated heterocycles. The summed E-state index contributed by atoms with van der Waals surface area (Å²) in [6, 6.07) is -0.726. The highest BCUT2D eigenvalue weighted by Gasteiger charge is 2.38. The highest BCUT2D eigenvalue weighted by Crippen LogP contribution is 2.22. The monoisotopic (exact) mass is 217 g/mol. The van der Waals surface area contributed by atoms with Crippen LogP contribution in [0.5, 0.6) is 0 Å². The molecule has 15 heavy (non-hydrogen) atoms. The molecule has 3 unspecified atom stereocenters. The SMILES string of the molecule is O=C(O)C1NCC(O)C1CCCB(O)O. The Labute approximate surface area is 88.1 Å². The van der Waals surface area contributed by atoms with Crippen molar-refractivity contribution in [2.45, 2.75) is 31.3 Å². The van der Waals surface area contributed by atoms with Crippen molar-refractivity contribution in [1.29, 1.82) is 0 Å². The van der Waals surface area contributed by atoms with Crippen LogP contribution in [0.15, 0.2) is 0 Å². The molecule has 0 aromatic heterocycles. The van der Waals surface area contributed by atoms with Gasteiger partial charge in [-0.1, -0.05) is 6.42 Å². The van der Waals surface area contributed by atoms with Gasteiger partial charge in [0.2, 0.25) is 0 Å². The third-order valence-corrected chi connectivity index (χ3v) is 2.74. The molecule has 0 amide bonds. The Bertz CT molecular complexity index is 225. The number of carbonyl (C=O) groups is 1. The van der Waals surface area contributed by atoms with Gasteiger partial charge >= 0.3 is 13.1 Å². The summed E-state index contributed by atoms with van der Waals surface area (Å²) in [5, 5.41) is 38.3. The third-order valence-electron chi connectivity index (χ3n) is 2.74. The molecule has 3 atom stereocenters. The topological polar surface area (TPSA) is 110 Å².